The highest BCUT2D eigenvalue weighted by molar-refractivity contribution is 7.13. The third kappa shape index (κ3) is 7.95. The van der Waals surface area contributed by atoms with Crippen molar-refractivity contribution in [3.63, 3.8) is 0 Å². The molecule has 2 unspecified atom stereocenters. The monoisotopic (exact) mass is 556 g/mol. The molecule has 0 spiro atoms. The molecular weight excluding hydrogens is 516 g/mol. The Labute approximate surface area is 234 Å². The predicted octanol–water partition coefficient (Wildman–Crippen LogP) is 3.55. The second-order valence-corrected chi connectivity index (χ2v) is 12.1. The molecule has 3 N–H and O–H groups in total. The Kier molecular flexibility index (Phi) is 10.4. The standard InChI is InChI=1S/C29H40N4O5S/c1-18(20-10-12-21(13-11-20)25-19(2)30-17-39-25)31-27(37)23-15-22(35)16-33(23)28(38)26(29(3,4)5)32-24(36)9-7-6-8-14-34/h10-14,17-18,22-23,26,35H,6-9,15-16H2,1-5H3,(H,31,37)(H,32,36)/t18?,22-,23+,26?/m1/s1. The molecule has 2 aromatic rings. The molecule has 0 saturated carbocycles. The first-order valence-electron chi connectivity index (χ1n) is 13.4. The fourth-order valence-electron chi connectivity index (χ4n) is 4.76. The van der Waals surface area contributed by atoms with Crippen LogP contribution in [0, 0.1) is 12.3 Å². The number of aliphatic hydroxyl groups excluding tert-OH is 1. The lowest BCUT2D eigenvalue weighted by Crippen LogP contribution is -2.57. The van der Waals surface area contributed by atoms with Crippen LogP contribution in [0.15, 0.2) is 29.8 Å². The third-order valence-corrected chi connectivity index (χ3v) is 8.01. The van der Waals surface area contributed by atoms with Crippen LogP contribution in [0.4, 0.5) is 0 Å². The van der Waals surface area contributed by atoms with E-state index in [9.17, 15) is 24.3 Å². The minimum Gasteiger partial charge on any atom is -0.391 e. The van der Waals surface area contributed by atoms with Gasteiger partial charge in [0.15, 0.2) is 0 Å². The first-order chi connectivity index (χ1) is 18.4. The SMILES string of the molecule is Cc1ncsc1-c1ccc(C(C)NC(=O)[C@@H]2C[C@@H](O)CN2C(=O)C(NC(=O)CCCCC=O)C(C)(C)C)cc1. The van der Waals surface area contributed by atoms with Gasteiger partial charge in [0.05, 0.1) is 28.2 Å². The summed E-state index contributed by atoms with van der Waals surface area (Å²) in [6, 6.07) is 5.92. The number of aryl methyl sites for hydroxylation is 1. The second kappa shape index (κ2) is 13.3. The predicted molar refractivity (Wildman–Crippen MR) is 151 cm³/mol. The van der Waals surface area contributed by atoms with Gasteiger partial charge in [-0.05, 0) is 43.2 Å². The number of aliphatic hydroxyl groups is 1. The molecule has 4 atom stereocenters. The van der Waals surface area contributed by atoms with Crippen molar-refractivity contribution in [2.75, 3.05) is 6.54 Å². The maximum absolute atomic E-state index is 13.7. The average molecular weight is 557 g/mol. The molecule has 212 valence electrons. The number of aldehydes is 1. The summed E-state index contributed by atoms with van der Waals surface area (Å²) < 4.78 is 0. The van der Waals surface area contributed by atoms with Crippen molar-refractivity contribution in [2.45, 2.75) is 91.0 Å². The number of aromatic nitrogens is 1. The summed E-state index contributed by atoms with van der Waals surface area (Å²) in [6.45, 7) is 9.43. The normalized spacial score (nSPS) is 18.9. The zero-order valence-corrected chi connectivity index (χ0v) is 24.2. The number of benzene rings is 1. The highest BCUT2D eigenvalue weighted by Gasteiger charge is 2.44. The minimum absolute atomic E-state index is 0.0238. The van der Waals surface area contributed by atoms with Crippen LogP contribution in [0.3, 0.4) is 0 Å². The summed E-state index contributed by atoms with van der Waals surface area (Å²) in [5.74, 6) is -1.01. The number of rotatable bonds is 11. The number of likely N-dealkylation sites (tertiary alicyclic amines) is 1. The molecule has 2 heterocycles. The van der Waals surface area contributed by atoms with Crippen LogP contribution >= 0.6 is 11.3 Å². The molecule has 1 saturated heterocycles. The van der Waals surface area contributed by atoms with Crippen LogP contribution in [0.5, 0.6) is 0 Å². The number of nitrogens with zero attached hydrogens (tertiary/aromatic N) is 2. The molecule has 1 aromatic heterocycles. The number of carbonyl (C=O) groups is 4. The molecule has 1 aliphatic rings. The number of carbonyl (C=O) groups excluding carboxylic acids is 4. The van der Waals surface area contributed by atoms with E-state index in [1.54, 1.807) is 11.3 Å². The van der Waals surface area contributed by atoms with Crippen LogP contribution < -0.4 is 10.6 Å². The van der Waals surface area contributed by atoms with Crippen molar-refractivity contribution in [2.24, 2.45) is 5.41 Å². The summed E-state index contributed by atoms with van der Waals surface area (Å²) in [7, 11) is 0. The average Bonchev–Trinajstić information content (AvgIpc) is 3.49. The van der Waals surface area contributed by atoms with Gasteiger partial charge in [0, 0.05) is 25.8 Å². The Balaban J connectivity index is 1.68. The van der Waals surface area contributed by atoms with Crippen LogP contribution in [-0.4, -0.2) is 63.7 Å². The maximum Gasteiger partial charge on any atom is 0.246 e. The zero-order chi connectivity index (χ0) is 28.7. The lowest BCUT2D eigenvalue weighted by Gasteiger charge is -2.35. The molecule has 0 aliphatic carbocycles. The summed E-state index contributed by atoms with van der Waals surface area (Å²) >= 11 is 1.58. The summed E-state index contributed by atoms with van der Waals surface area (Å²) in [6.07, 6.45) is 1.88. The minimum atomic E-state index is -0.864. The Hall–Kier alpha value is -3.11. The maximum atomic E-state index is 13.7. The Bertz CT molecular complexity index is 1160. The van der Waals surface area contributed by atoms with Crippen LogP contribution in [-0.2, 0) is 19.2 Å². The Morgan fingerprint density at radius 2 is 1.87 bits per heavy atom. The number of nitrogens with one attached hydrogen (secondary N) is 2. The van der Waals surface area contributed by atoms with Crippen molar-refractivity contribution in [1.82, 2.24) is 20.5 Å². The zero-order valence-electron chi connectivity index (χ0n) is 23.4. The van der Waals surface area contributed by atoms with E-state index >= 15 is 0 Å². The summed E-state index contributed by atoms with van der Waals surface area (Å²) in [5, 5.41) is 16.2. The van der Waals surface area contributed by atoms with Gasteiger partial charge in [-0.2, -0.15) is 0 Å². The number of hydrogen-bond acceptors (Lipinski definition) is 7. The van der Waals surface area contributed by atoms with E-state index in [1.165, 1.54) is 4.90 Å². The van der Waals surface area contributed by atoms with Gasteiger partial charge in [0.25, 0.3) is 0 Å². The summed E-state index contributed by atoms with van der Waals surface area (Å²) in [4.78, 5) is 56.9. The largest absolute Gasteiger partial charge is 0.391 e. The molecule has 9 nitrogen and oxygen atoms in total. The lowest BCUT2D eigenvalue weighted by molar-refractivity contribution is -0.144. The highest BCUT2D eigenvalue weighted by atomic mass is 32.1. The van der Waals surface area contributed by atoms with Crippen molar-refractivity contribution in [3.8, 4) is 10.4 Å². The van der Waals surface area contributed by atoms with Gasteiger partial charge in [-0.3, -0.25) is 14.4 Å². The van der Waals surface area contributed by atoms with E-state index in [0.717, 1.165) is 28.0 Å². The quantitative estimate of drug-likeness (QED) is 0.287. The van der Waals surface area contributed by atoms with Gasteiger partial charge >= 0.3 is 0 Å². The molecule has 1 aliphatic heterocycles. The molecule has 3 amide bonds. The fraction of sp³-hybridized carbons (Fsp3) is 0.552. The third-order valence-electron chi connectivity index (χ3n) is 7.04. The van der Waals surface area contributed by atoms with E-state index in [2.05, 4.69) is 15.6 Å². The number of amides is 3. The van der Waals surface area contributed by atoms with Crippen LogP contribution in [0.25, 0.3) is 10.4 Å². The fourth-order valence-corrected chi connectivity index (χ4v) is 5.57. The number of unbranched alkanes of at least 4 members (excludes halogenated alkanes) is 2. The molecule has 0 bridgehead atoms. The van der Waals surface area contributed by atoms with Crippen molar-refractivity contribution in [3.05, 3.63) is 41.0 Å². The van der Waals surface area contributed by atoms with Crippen molar-refractivity contribution >= 4 is 35.3 Å². The number of thiazole rings is 1. The molecule has 10 heteroatoms. The van der Waals surface area contributed by atoms with Gasteiger partial charge in [-0.25, -0.2) is 4.98 Å². The summed E-state index contributed by atoms with van der Waals surface area (Å²) in [5.41, 5.74) is 4.15. The first-order valence-corrected chi connectivity index (χ1v) is 14.3. The number of β-amino-alcohol motifs (C(OH)–C–C–N with tert-alkyl or cyclic N) is 1. The topological polar surface area (TPSA) is 129 Å². The Morgan fingerprint density at radius 3 is 2.46 bits per heavy atom. The van der Waals surface area contributed by atoms with Crippen molar-refractivity contribution in [1.29, 1.82) is 0 Å². The van der Waals surface area contributed by atoms with E-state index in [-0.39, 0.29) is 37.2 Å². The van der Waals surface area contributed by atoms with E-state index in [0.29, 0.717) is 19.3 Å². The number of hydrogen-bond donors (Lipinski definition) is 3. The molecular formula is C29H40N4O5S. The van der Waals surface area contributed by atoms with Crippen LogP contribution in [0.2, 0.25) is 0 Å². The van der Waals surface area contributed by atoms with Gasteiger partial charge < -0.3 is 25.4 Å². The van der Waals surface area contributed by atoms with Crippen LogP contribution in [0.1, 0.15) is 77.1 Å². The van der Waals surface area contributed by atoms with Gasteiger partial charge in [0.2, 0.25) is 17.7 Å². The highest BCUT2D eigenvalue weighted by Crippen LogP contribution is 2.29. The second-order valence-electron chi connectivity index (χ2n) is 11.3. The molecule has 39 heavy (non-hydrogen) atoms. The molecule has 3 rings (SSSR count). The van der Waals surface area contributed by atoms with Gasteiger partial charge in [-0.1, -0.05) is 45.0 Å². The Morgan fingerprint density at radius 1 is 1.18 bits per heavy atom. The van der Waals surface area contributed by atoms with Gasteiger partial charge in [0.1, 0.15) is 18.4 Å². The molecule has 1 fully saturated rings. The van der Waals surface area contributed by atoms with Crippen molar-refractivity contribution < 1.29 is 24.3 Å². The lowest BCUT2D eigenvalue weighted by atomic mass is 9.85. The molecule has 1 aromatic carbocycles. The first kappa shape index (κ1) is 30.4. The smallest absolute Gasteiger partial charge is 0.246 e. The van der Waals surface area contributed by atoms with E-state index in [1.807, 2.05) is 64.4 Å². The van der Waals surface area contributed by atoms with E-state index in [4.69, 9.17) is 0 Å². The van der Waals surface area contributed by atoms with Gasteiger partial charge in [-0.15, -0.1) is 11.3 Å². The molecule has 0 radical (unpaired) electrons. The van der Waals surface area contributed by atoms with E-state index < -0.39 is 29.5 Å².